The second-order valence-corrected chi connectivity index (χ2v) is 9.46. The van der Waals surface area contributed by atoms with E-state index < -0.39 is 0 Å². The molecule has 7 nitrogen and oxygen atoms in total. The first-order valence-electron chi connectivity index (χ1n) is 12.0. The van der Waals surface area contributed by atoms with Crippen LogP contribution in [-0.4, -0.2) is 75.5 Å². The first-order valence-corrected chi connectivity index (χ1v) is 12.0. The monoisotopic (exact) mass is 435 g/mol. The largest absolute Gasteiger partial charge is 0.341 e. The van der Waals surface area contributed by atoms with E-state index in [0.29, 0.717) is 12.1 Å². The van der Waals surface area contributed by atoms with Crippen molar-refractivity contribution in [2.75, 3.05) is 32.7 Å². The number of carbonyl (C=O) groups is 2. The van der Waals surface area contributed by atoms with Crippen molar-refractivity contribution in [3.63, 3.8) is 0 Å². The normalized spacial score (nSPS) is 20.9. The number of rotatable bonds is 4. The van der Waals surface area contributed by atoms with E-state index in [-0.39, 0.29) is 23.8 Å². The average Bonchev–Trinajstić information content (AvgIpc) is 3.55. The fourth-order valence-electron chi connectivity index (χ4n) is 5.56. The van der Waals surface area contributed by atoms with Gasteiger partial charge in [-0.3, -0.25) is 19.6 Å². The predicted octanol–water partition coefficient (Wildman–Crippen LogP) is 2.80. The van der Waals surface area contributed by atoms with E-state index in [1.807, 2.05) is 22.8 Å². The fourth-order valence-corrected chi connectivity index (χ4v) is 5.56. The van der Waals surface area contributed by atoms with E-state index in [4.69, 9.17) is 0 Å². The number of aromatic amines is 1. The molecule has 0 saturated carbocycles. The molecule has 0 bridgehead atoms. The fraction of sp³-hybridized carbons (Fsp3) is 0.560. The maximum Gasteiger partial charge on any atom is 0.257 e. The molecule has 1 aromatic carbocycles. The Balaban J connectivity index is 1.22. The molecule has 1 atom stereocenters. The van der Waals surface area contributed by atoms with E-state index in [1.54, 1.807) is 6.20 Å². The van der Waals surface area contributed by atoms with E-state index in [9.17, 15) is 9.59 Å². The van der Waals surface area contributed by atoms with Crippen molar-refractivity contribution >= 4 is 11.8 Å². The van der Waals surface area contributed by atoms with Gasteiger partial charge in [0, 0.05) is 32.1 Å². The molecule has 170 valence electrons. The van der Waals surface area contributed by atoms with Crippen molar-refractivity contribution in [3.8, 4) is 0 Å². The number of benzene rings is 1. The van der Waals surface area contributed by atoms with Crippen LogP contribution in [0.25, 0.3) is 0 Å². The number of hydrogen-bond donors (Lipinski definition) is 1. The summed E-state index contributed by atoms with van der Waals surface area (Å²) in [6.45, 7) is 6.98. The van der Waals surface area contributed by atoms with Gasteiger partial charge in [-0.05, 0) is 63.2 Å². The highest BCUT2D eigenvalue weighted by Gasteiger charge is 2.33. The number of carbonyl (C=O) groups excluding carboxylic acids is 2. The van der Waals surface area contributed by atoms with Gasteiger partial charge in [-0.2, -0.15) is 5.10 Å². The molecule has 0 aliphatic carbocycles. The topological polar surface area (TPSA) is 72.5 Å². The smallest absolute Gasteiger partial charge is 0.257 e. The van der Waals surface area contributed by atoms with Crippen LogP contribution in [0, 0.1) is 0 Å². The third kappa shape index (κ3) is 4.06. The van der Waals surface area contributed by atoms with Gasteiger partial charge in [0.05, 0.1) is 23.5 Å². The number of piperidine rings is 1. The quantitative estimate of drug-likeness (QED) is 0.802. The summed E-state index contributed by atoms with van der Waals surface area (Å²) < 4.78 is 0. The average molecular weight is 436 g/mol. The molecule has 2 fully saturated rings. The Bertz CT molecular complexity index is 972. The van der Waals surface area contributed by atoms with Crippen LogP contribution < -0.4 is 0 Å². The van der Waals surface area contributed by atoms with Gasteiger partial charge in [0.2, 0.25) is 5.91 Å². The van der Waals surface area contributed by atoms with Crippen molar-refractivity contribution in [3.05, 3.63) is 52.8 Å². The van der Waals surface area contributed by atoms with E-state index in [0.717, 1.165) is 57.7 Å². The molecule has 1 aromatic heterocycles. The minimum absolute atomic E-state index is 0.0275. The first kappa shape index (κ1) is 21.2. The van der Waals surface area contributed by atoms with Crippen LogP contribution in [0.4, 0.5) is 0 Å². The molecule has 5 rings (SSSR count). The summed E-state index contributed by atoms with van der Waals surface area (Å²) in [5, 5.41) is 7.35. The molecule has 3 aliphatic rings. The van der Waals surface area contributed by atoms with E-state index in [1.165, 1.54) is 24.0 Å². The van der Waals surface area contributed by atoms with Gasteiger partial charge in [0.25, 0.3) is 5.91 Å². The molecule has 1 N–H and O–H groups in total. The Morgan fingerprint density at radius 2 is 1.72 bits per heavy atom. The lowest BCUT2D eigenvalue weighted by Gasteiger charge is -2.35. The summed E-state index contributed by atoms with van der Waals surface area (Å²) in [7, 11) is 0. The summed E-state index contributed by atoms with van der Waals surface area (Å²) >= 11 is 0. The van der Waals surface area contributed by atoms with Gasteiger partial charge < -0.3 is 9.80 Å². The van der Waals surface area contributed by atoms with Gasteiger partial charge in [-0.25, -0.2) is 0 Å². The predicted molar refractivity (Wildman–Crippen MR) is 122 cm³/mol. The number of fused-ring (bicyclic) bond motifs is 1. The van der Waals surface area contributed by atoms with Crippen LogP contribution in [0.1, 0.15) is 65.7 Å². The Kier molecular flexibility index (Phi) is 6.00. The molecular formula is C25H33N5O2. The maximum absolute atomic E-state index is 13.3. The molecule has 7 heteroatoms. The Labute approximate surface area is 189 Å². The number of aromatic nitrogens is 2. The summed E-state index contributed by atoms with van der Waals surface area (Å²) in [5.74, 6) is 0.544. The second-order valence-electron chi connectivity index (χ2n) is 9.46. The maximum atomic E-state index is 13.3. The molecule has 3 aliphatic heterocycles. The summed E-state index contributed by atoms with van der Waals surface area (Å²) in [4.78, 5) is 32.6. The number of likely N-dealkylation sites (tertiary alicyclic amines) is 2. The number of nitrogens with zero attached hydrogens (tertiary/aromatic N) is 4. The molecule has 32 heavy (non-hydrogen) atoms. The van der Waals surface area contributed by atoms with Crippen molar-refractivity contribution in [1.82, 2.24) is 24.9 Å². The first-order chi connectivity index (χ1) is 15.6. The zero-order valence-electron chi connectivity index (χ0n) is 18.9. The highest BCUT2D eigenvalue weighted by atomic mass is 16.2. The van der Waals surface area contributed by atoms with Crippen molar-refractivity contribution < 1.29 is 9.59 Å². The summed E-state index contributed by atoms with van der Waals surface area (Å²) in [5.41, 5.74) is 4.20. The van der Waals surface area contributed by atoms with Crippen LogP contribution in [0.5, 0.6) is 0 Å². The van der Waals surface area contributed by atoms with Gasteiger partial charge >= 0.3 is 0 Å². The lowest BCUT2D eigenvalue weighted by molar-refractivity contribution is -0.137. The Morgan fingerprint density at radius 3 is 2.47 bits per heavy atom. The van der Waals surface area contributed by atoms with E-state index in [2.05, 4.69) is 33.3 Å². The van der Waals surface area contributed by atoms with Crippen LogP contribution in [0.2, 0.25) is 0 Å². The van der Waals surface area contributed by atoms with E-state index >= 15 is 0 Å². The minimum atomic E-state index is -0.0275. The van der Waals surface area contributed by atoms with Crippen LogP contribution in [-0.2, 0) is 17.8 Å². The molecule has 2 aromatic rings. The van der Waals surface area contributed by atoms with Crippen molar-refractivity contribution in [2.45, 2.75) is 57.5 Å². The molecule has 0 unspecified atom stereocenters. The Hall–Kier alpha value is -2.67. The molecule has 4 heterocycles. The third-order valence-corrected chi connectivity index (χ3v) is 7.58. The lowest BCUT2D eigenvalue weighted by atomic mass is 9.90. The van der Waals surface area contributed by atoms with Crippen LogP contribution in [0.15, 0.2) is 30.5 Å². The summed E-state index contributed by atoms with van der Waals surface area (Å²) in [6.07, 6.45) is 6.70. The van der Waals surface area contributed by atoms with Gasteiger partial charge in [0.1, 0.15) is 0 Å². The van der Waals surface area contributed by atoms with Gasteiger partial charge in [-0.1, -0.05) is 24.3 Å². The highest BCUT2D eigenvalue weighted by Crippen LogP contribution is 2.31. The zero-order valence-corrected chi connectivity index (χ0v) is 18.9. The highest BCUT2D eigenvalue weighted by molar-refractivity contribution is 5.95. The van der Waals surface area contributed by atoms with Crippen LogP contribution in [0.3, 0.4) is 0 Å². The molecule has 2 amide bonds. The third-order valence-electron chi connectivity index (χ3n) is 7.58. The van der Waals surface area contributed by atoms with Crippen molar-refractivity contribution in [2.24, 2.45) is 0 Å². The minimum Gasteiger partial charge on any atom is -0.341 e. The van der Waals surface area contributed by atoms with Gasteiger partial charge in [0.15, 0.2) is 0 Å². The Morgan fingerprint density at radius 1 is 1.00 bits per heavy atom. The summed E-state index contributed by atoms with van der Waals surface area (Å²) in [6, 6.07) is 8.34. The standard InChI is InChI=1S/C25H33N5O2/c1-18(28-11-4-5-12-28)24(31)29-13-9-20(10-14-29)23-22(16-26-27-23)25(32)30-15-8-19-6-2-3-7-21(19)17-30/h2-3,6-7,16,18,20H,4-5,8-15,17H2,1H3,(H,26,27)/t18-/m0/s1. The lowest BCUT2D eigenvalue weighted by Crippen LogP contribution is -2.48. The van der Waals surface area contributed by atoms with Crippen LogP contribution >= 0.6 is 0 Å². The van der Waals surface area contributed by atoms with Gasteiger partial charge in [-0.15, -0.1) is 0 Å². The SMILES string of the molecule is C[C@@H](C(=O)N1CCC(c2[nH]ncc2C(=O)N2CCc3ccccc3C2)CC1)N1CCCC1. The molecular weight excluding hydrogens is 402 g/mol. The zero-order chi connectivity index (χ0) is 22.1. The molecule has 2 saturated heterocycles. The number of nitrogens with one attached hydrogen (secondary N) is 1. The number of amides is 2. The number of H-pyrrole nitrogens is 1. The van der Waals surface area contributed by atoms with Crippen molar-refractivity contribution in [1.29, 1.82) is 0 Å². The molecule has 0 radical (unpaired) electrons. The number of hydrogen-bond acceptors (Lipinski definition) is 4. The molecule has 0 spiro atoms. The second kappa shape index (κ2) is 9.06.